The van der Waals surface area contributed by atoms with Crippen molar-refractivity contribution in [2.24, 2.45) is 11.3 Å². The number of amides is 1. The number of rotatable bonds is 3. The molecule has 0 spiro atoms. The van der Waals surface area contributed by atoms with Gasteiger partial charge in [0.2, 0.25) is 0 Å². The van der Waals surface area contributed by atoms with E-state index in [-0.39, 0.29) is 23.8 Å². The molecule has 0 aromatic heterocycles. The van der Waals surface area contributed by atoms with Crippen molar-refractivity contribution in [1.29, 1.82) is 0 Å². The molecule has 5 heteroatoms. The van der Waals surface area contributed by atoms with Gasteiger partial charge in [0.15, 0.2) is 0 Å². The Hall–Kier alpha value is -1.26. The molecule has 1 amide bonds. The zero-order valence-corrected chi connectivity index (χ0v) is 13.2. The van der Waals surface area contributed by atoms with Gasteiger partial charge in [0.1, 0.15) is 5.60 Å². The topological polar surface area (TPSA) is 75.6 Å². The number of hydrogen-bond acceptors (Lipinski definition) is 3. The molecule has 0 aromatic carbocycles. The Morgan fingerprint density at radius 3 is 2.45 bits per heavy atom. The van der Waals surface area contributed by atoms with Crippen molar-refractivity contribution in [3.05, 3.63) is 0 Å². The minimum Gasteiger partial charge on any atom is -0.481 e. The molecule has 0 saturated heterocycles. The van der Waals surface area contributed by atoms with Crippen molar-refractivity contribution < 1.29 is 19.4 Å². The van der Waals surface area contributed by atoms with Gasteiger partial charge in [0, 0.05) is 6.04 Å². The van der Waals surface area contributed by atoms with Crippen LogP contribution in [-0.4, -0.2) is 28.8 Å². The standard InChI is InChI=1S/C15H27NO4/c1-14(2,3)20-13(19)16-11-6-7-15(4,5)9-10(11)8-12(17)18/h10-11H,6-9H2,1-5H3,(H,16,19)(H,17,18). The highest BCUT2D eigenvalue weighted by atomic mass is 16.6. The average molecular weight is 285 g/mol. The number of carbonyl (C=O) groups excluding carboxylic acids is 1. The van der Waals surface area contributed by atoms with Gasteiger partial charge in [0.25, 0.3) is 0 Å². The summed E-state index contributed by atoms with van der Waals surface area (Å²) in [5, 5.41) is 11.9. The normalized spacial score (nSPS) is 25.9. The number of carboxylic acid groups (broad SMARTS) is 1. The lowest BCUT2D eigenvalue weighted by molar-refractivity contribution is -0.139. The zero-order chi connectivity index (χ0) is 15.6. The van der Waals surface area contributed by atoms with E-state index in [1.807, 2.05) is 20.8 Å². The Morgan fingerprint density at radius 2 is 1.95 bits per heavy atom. The van der Waals surface area contributed by atoms with Crippen LogP contribution in [0.25, 0.3) is 0 Å². The van der Waals surface area contributed by atoms with Crippen molar-refractivity contribution in [3.8, 4) is 0 Å². The number of carboxylic acids is 1. The molecule has 1 aliphatic rings. The van der Waals surface area contributed by atoms with Crippen LogP contribution in [0.4, 0.5) is 4.79 Å². The monoisotopic (exact) mass is 285 g/mol. The summed E-state index contributed by atoms with van der Waals surface area (Å²) >= 11 is 0. The molecule has 2 unspecified atom stereocenters. The van der Waals surface area contributed by atoms with Crippen molar-refractivity contribution in [3.63, 3.8) is 0 Å². The summed E-state index contributed by atoms with van der Waals surface area (Å²) in [4.78, 5) is 22.8. The minimum atomic E-state index is -0.816. The lowest BCUT2D eigenvalue weighted by atomic mass is 9.69. The van der Waals surface area contributed by atoms with E-state index >= 15 is 0 Å². The van der Waals surface area contributed by atoms with Crippen molar-refractivity contribution >= 4 is 12.1 Å². The van der Waals surface area contributed by atoms with Crippen LogP contribution in [0.5, 0.6) is 0 Å². The fourth-order valence-electron chi connectivity index (χ4n) is 2.82. The molecule has 5 nitrogen and oxygen atoms in total. The van der Waals surface area contributed by atoms with Gasteiger partial charge in [-0.1, -0.05) is 13.8 Å². The minimum absolute atomic E-state index is 0.0382. The molecule has 0 aromatic rings. The first kappa shape index (κ1) is 16.8. The quantitative estimate of drug-likeness (QED) is 0.835. The summed E-state index contributed by atoms with van der Waals surface area (Å²) in [6, 6.07) is -0.117. The third-order valence-electron chi connectivity index (χ3n) is 3.65. The highest BCUT2D eigenvalue weighted by Crippen LogP contribution is 2.40. The Kier molecular flexibility index (Phi) is 5.05. The molecule has 1 fully saturated rings. The van der Waals surface area contributed by atoms with Gasteiger partial charge in [-0.05, 0) is 51.4 Å². The maximum atomic E-state index is 11.8. The fraction of sp³-hybridized carbons (Fsp3) is 0.867. The maximum Gasteiger partial charge on any atom is 0.407 e. The maximum absolute atomic E-state index is 11.8. The smallest absolute Gasteiger partial charge is 0.407 e. The first-order valence-corrected chi connectivity index (χ1v) is 7.20. The van der Waals surface area contributed by atoms with Crippen molar-refractivity contribution in [2.45, 2.75) is 71.9 Å². The highest BCUT2D eigenvalue weighted by Gasteiger charge is 2.37. The molecular weight excluding hydrogens is 258 g/mol. The van der Waals surface area contributed by atoms with Crippen molar-refractivity contribution in [1.82, 2.24) is 5.32 Å². The molecule has 0 bridgehead atoms. The molecule has 0 radical (unpaired) electrons. The second-order valence-corrected chi connectivity index (χ2v) is 7.52. The Labute approximate surface area is 121 Å². The van der Waals surface area contributed by atoms with E-state index in [0.29, 0.717) is 0 Å². The molecule has 1 aliphatic carbocycles. The third-order valence-corrected chi connectivity index (χ3v) is 3.65. The Bertz CT molecular complexity index is 371. The first-order valence-electron chi connectivity index (χ1n) is 7.20. The van der Waals surface area contributed by atoms with Crippen LogP contribution in [0.15, 0.2) is 0 Å². The largest absolute Gasteiger partial charge is 0.481 e. The number of alkyl carbamates (subject to hydrolysis) is 1. The van der Waals surface area contributed by atoms with Crippen LogP contribution in [-0.2, 0) is 9.53 Å². The van der Waals surface area contributed by atoms with E-state index in [2.05, 4.69) is 19.2 Å². The molecule has 1 saturated carbocycles. The summed E-state index contributed by atoms with van der Waals surface area (Å²) in [5.41, 5.74) is -0.410. The van der Waals surface area contributed by atoms with Gasteiger partial charge in [-0.3, -0.25) is 4.79 Å². The number of aliphatic carboxylic acids is 1. The molecule has 0 aliphatic heterocycles. The molecular formula is C15H27NO4. The van der Waals surface area contributed by atoms with Gasteiger partial charge in [-0.15, -0.1) is 0 Å². The van der Waals surface area contributed by atoms with E-state index < -0.39 is 17.7 Å². The summed E-state index contributed by atoms with van der Waals surface area (Å²) in [6.45, 7) is 9.72. The van der Waals surface area contributed by atoms with Gasteiger partial charge in [0.05, 0.1) is 6.42 Å². The number of carbonyl (C=O) groups is 2. The predicted molar refractivity (Wildman–Crippen MR) is 76.5 cm³/mol. The summed E-state index contributed by atoms with van der Waals surface area (Å²) in [7, 11) is 0. The number of hydrogen-bond donors (Lipinski definition) is 2. The Morgan fingerprint density at radius 1 is 1.35 bits per heavy atom. The molecule has 2 atom stereocenters. The lowest BCUT2D eigenvalue weighted by Gasteiger charge is -2.40. The summed E-state index contributed by atoms with van der Waals surface area (Å²) < 4.78 is 5.25. The zero-order valence-electron chi connectivity index (χ0n) is 13.2. The third kappa shape index (κ3) is 5.80. The van der Waals surface area contributed by atoms with Gasteiger partial charge in [-0.2, -0.15) is 0 Å². The molecule has 0 heterocycles. The van der Waals surface area contributed by atoms with Crippen LogP contribution < -0.4 is 5.32 Å². The van der Waals surface area contributed by atoms with E-state index in [0.717, 1.165) is 19.3 Å². The van der Waals surface area contributed by atoms with Crippen LogP contribution in [0.1, 0.15) is 60.3 Å². The van der Waals surface area contributed by atoms with Gasteiger partial charge >= 0.3 is 12.1 Å². The SMILES string of the molecule is CC1(C)CCC(NC(=O)OC(C)(C)C)C(CC(=O)O)C1. The van der Waals surface area contributed by atoms with E-state index in [4.69, 9.17) is 9.84 Å². The molecule has 2 N–H and O–H groups in total. The van der Waals surface area contributed by atoms with Crippen molar-refractivity contribution in [2.75, 3.05) is 0 Å². The average Bonchev–Trinajstić information content (AvgIpc) is 2.18. The van der Waals surface area contributed by atoms with Crippen LogP contribution in [0.2, 0.25) is 0 Å². The second-order valence-electron chi connectivity index (χ2n) is 7.52. The van der Waals surface area contributed by atoms with E-state index in [1.165, 1.54) is 0 Å². The Balaban J connectivity index is 2.66. The van der Waals surface area contributed by atoms with E-state index in [1.54, 1.807) is 0 Å². The highest BCUT2D eigenvalue weighted by molar-refractivity contribution is 5.69. The van der Waals surface area contributed by atoms with Gasteiger partial charge in [-0.25, -0.2) is 4.79 Å². The first-order chi connectivity index (χ1) is 8.98. The van der Waals surface area contributed by atoms with E-state index in [9.17, 15) is 9.59 Å². The predicted octanol–water partition coefficient (Wildman–Crippen LogP) is 3.18. The lowest BCUT2D eigenvalue weighted by Crippen LogP contribution is -2.47. The van der Waals surface area contributed by atoms with Crippen LogP contribution in [0, 0.1) is 11.3 Å². The number of nitrogens with one attached hydrogen (secondary N) is 1. The molecule has 1 rings (SSSR count). The summed E-state index contributed by atoms with van der Waals surface area (Å²) in [5.74, 6) is -0.854. The van der Waals surface area contributed by atoms with Gasteiger partial charge < -0.3 is 15.2 Å². The molecule has 116 valence electrons. The fourth-order valence-corrected chi connectivity index (χ4v) is 2.82. The van der Waals surface area contributed by atoms with Crippen LogP contribution in [0.3, 0.4) is 0 Å². The molecule has 20 heavy (non-hydrogen) atoms. The second kappa shape index (κ2) is 6.02. The summed E-state index contributed by atoms with van der Waals surface area (Å²) in [6.07, 6.45) is 2.20. The van der Waals surface area contributed by atoms with Crippen LogP contribution >= 0.6 is 0 Å². The number of ether oxygens (including phenoxy) is 1.